The second kappa shape index (κ2) is 15.1. The number of rotatable bonds is 15. The molecule has 11 nitrogen and oxygen atoms in total. The quantitative estimate of drug-likeness (QED) is 0.204. The van der Waals surface area contributed by atoms with Gasteiger partial charge in [0.05, 0.1) is 24.0 Å². The third-order valence-corrected chi connectivity index (χ3v) is 7.81. The van der Waals surface area contributed by atoms with Crippen LogP contribution in [-0.4, -0.2) is 73.7 Å². The molecule has 7 N–H and O–H groups in total. The van der Waals surface area contributed by atoms with Crippen LogP contribution in [0.2, 0.25) is 0 Å². The van der Waals surface area contributed by atoms with Crippen molar-refractivity contribution in [2.24, 2.45) is 11.5 Å². The van der Waals surface area contributed by atoms with Crippen LogP contribution in [0, 0.1) is 0 Å². The Balaban J connectivity index is 2.30. The van der Waals surface area contributed by atoms with Gasteiger partial charge in [0.1, 0.15) is 17.9 Å². The Morgan fingerprint density at radius 2 is 1.63 bits per heavy atom. The summed E-state index contributed by atoms with van der Waals surface area (Å²) in [7, 11) is -4.01. The summed E-state index contributed by atoms with van der Waals surface area (Å²) in [6, 6.07) is 6.14. The first-order valence-electron chi connectivity index (χ1n) is 12.9. The van der Waals surface area contributed by atoms with Crippen molar-refractivity contribution < 1.29 is 41.0 Å². The van der Waals surface area contributed by atoms with Gasteiger partial charge in [-0.2, -0.15) is 13.2 Å². The van der Waals surface area contributed by atoms with E-state index < -0.39 is 57.5 Å². The van der Waals surface area contributed by atoms with E-state index in [4.69, 9.17) is 16.2 Å². The molecule has 0 fully saturated rings. The average molecular weight is 604 g/mol. The molecule has 3 unspecified atom stereocenters. The molecule has 0 aliphatic carbocycles. The lowest BCUT2D eigenvalue weighted by Gasteiger charge is -2.26. The zero-order chi connectivity index (χ0) is 30.8. The fourth-order valence-corrected chi connectivity index (χ4v) is 5.48. The van der Waals surface area contributed by atoms with Gasteiger partial charge in [0.15, 0.2) is 0 Å². The Bertz CT molecular complexity index is 1240. The number of aliphatic hydroxyl groups is 1. The van der Waals surface area contributed by atoms with Crippen LogP contribution in [0.15, 0.2) is 48.5 Å². The van der Waals surface area contributed by atoms with Crippen LogP contribution in [0.3, 0.4) is 0 Å². The molecule has 0 bridgehead atoms. The van der Waals surface area contributed by atoms with Crippen molar-refractivity contribution in [3.63, 3.8) is 0 Å². The number of nitrogens with zero attached hydrogens (tertiary/aromatic N) is 1. The number of nitrogens with two attached hydrogens (primary N) is 2. The van der Waals surface area contributed by atoms with E-state index in [9.17, 15) is 36.3 Å². The third kappa shape index (κ3) is 9.97. The molecule has 0 aromatic heterocycles. The fourth-order valence-electron chi connectivity index (χ4n) is 3.82. The SMILES string of the molecule is CCCN(CCN)S(=O)(=O)CC(N)C(=O)NC(C(=O)Nc1ccc(OCC)cc1)C(O)c1ccc(C(F)(F)F)cc1. The Kier molecular flexibility index (Phi) is 12.5. The highest BCUT2D eigenvalue weighted by Gasteiger charge is 2.35. The van der Waals surface area contributed by atoms with Gasteiger partial charge in [-0.05, 0) is 55.3 Å². The first-order chi connectivity index (χ1) is 19.2. The van der Waals surface area contributed by atoms with Crippen LogP contribution in [0.25, 0.3) is 0 Å². The van der Waals surface area contributed by atoms with Gasteiger partial charge < -0.3 is 31.9 Å². The van der Waals surface area contributed by atoms with Gasteiger partial charge in [-0.15, -0.1) is 0 Å². The van der Waals surface area contributed by atoms with Crippen molar-refractivity contribution in [3.8, 4) is 5.75 Å². The highest BCUT2D eigenvalue weighted by Crippen LogP contribution is 2.30. The minimum absolute atomic E-state index is 0.0181. The Labute approximate surface area is 237 Å². The summed E-state index contributed by atoms with van der Waals surface area (Å²) in [5.41, 5.74) is 10.6. The molecule has 3 atom stereocenters. The Morgan fingerprint density at radius 3 is 2.15 bits per heavy atom. The molecule has 2 aromatic carbocycles. The van der Waals surface area contributed by atoms with Crippen molar-refractivity contribution in [3.05, 3.63) is 59.7 Å². The highest BCUT2D eigenvalue weighted by molar-refractivity contribution is 7.89. The van der Waals surface area contributed by atoms with E-state index in [1.54, 1.807) is 26.0 Å². The number of carbonyl (C=O) groups excluding carboxylic acids is 2. The normalized spacial score (nSPS) is 14.3. The monoisotopic (exact) mass is 603 g/mol. The van der Waals surface area contributed by atoms with Crippen LogP contribution in [-0.2, 0) is 25.8 Å². The van der Waals surface area contributed by atoms with E-state index in [2.05, 4.69) is 10.6 Å². The predicted molar refractivity (Wildman–Crippen MR) is 147 cm³/mol. The molecule has 0 saturated heterocycles. The van der Waals surface area contributed by atoms with Crippen molar-refractivity contribution >= 4 is 27.5 Å². The van der Waals surface area contributed by atoms with E-state index in [0.29, 0.717) is 18.8 Å². The topological polar surface area (TPSA) is 177 Å². The number of ether oxygens (including phenoxy) is 1. The zero-order valence-electron chi connectivity index (χ0n) is 22.7. The molecule has 228 valence electrons. The van der Waals surface area contributed by atoms with Gasteiger partial charge in [-0.25, -0.2) is 12.7 Å². The van der Waals surface area contributed by atoms with Crippen molar-refractivity contribution in [1.29, 1.82) is 0 Å². The molecule has 0 aliphatic rings. The van der Waals surface area contributed by atoms with Gasteiger partial charge in [-0.1, -0.05) is 19.1 Å². The largest absolute Gasteiger partial charge is 0.494 e. The van der Waals surface area contributed by atoms with Crippen LogP contribution in [0.4, 0.5) is 18.9 Å². The van der Waals surface area contributed by atoms with Gasteiger partial charge >= 0.3 is 6.18 Å². The number of halogens is 3. The van der Waals surface area contributed by atoms with Crippen molar-refractivity contribution in [2.75, 3.05) is 37.3 Å². The maximum Gasteiger partial charge on any atom is 0.416 e. The van der Waals surface area contributed by atoms with E-state index in [-0.39, 0.29) is 30.9 Å². The summed E-state index contributed by atoms with van der Waals surface area (Å²) in [5, 5.41) is 15.7. The number of hydrogen-bond donors (Lipinski definition) is 5. The number of benzene rings is 2. The Morgan fingerprint density at radius 1 is 1.02 bits per heavy atom. The first-order valence-corrected chi connectivity index (χ1v) is 14.5. The number of amides is 2. The molecule has 41 heavy (non-hydrogen) atoms. The van der Waals surface area contributed by atoms with Crippen molar-refractivity contribution in [1.82, 2.24) is 9.62 Å². The van der Waals surface area contributed by atoms with E-state index in [1.807, 2.05) is 0 Å². The van der Waals surface area contributed by atoms with Gasteiger partial charge in [-0.3, -0.25) is 9.59 Å². The average Bonchev–Trinajstić information content (AvgIpc) is 2.91. The van der Waals surface area contributed by atoms with E-state index >= 15 is 0 Å². The second-order valence-corrected chi connectivity index (χ2v) is 11.1. The molecule has 0 aliphatic heterocycles. The summed E-state index contributed by atoms with van der Waals surface area (Å²) >= 11 is 0. The molecule has 2 amide bonds. The molecule has 0 heterocycles. The number of alkyl halides is 3. The van der Waals surface area contributed by atoms with Crippen LogP contribution in [0.5, 0.6) is 5.75 Å². The lowest BCUT2D eigenvalue weighted by Crippen LogP contribution is -2.55. The molecule has 0 saturated carbocycles. The number of sulfonamides is 1. The van der Waals surface area contributed by atoms with Gasteiger partial charge in [0.25, 0.3) is 0 Å². The minimum atomic E-state index is -4.63. The summed E-state index contributed by atoms with van der Waals surface area (Å²) in [6.45, 7) is 4.20. The third-order valence-electron chi connectivity index (χ3n) is 5.88. The number of carbonyl (C=O) groups is 2. The standard InChI is InChI=1S/C26H36F3N5O6S/c1-3-14-34(15-13-30)41(38,39)16-21(31)24(36)33-22(23(35)17-5-7-18(8-6-17)26(27,28)29)25(37)32-19-9-11-20(12-10-19)40-4-2/h5-12,21-23,35H,3-4,13-16,30-31H2,1-2H3,(H,32,37)(H,33,36). The number of nitrogens with one attached hydrogen (secondary N) is 2. The fraction of sp³-hybridized carbons (Fsp3) is 0.462. The molecule has 0 radical (unpaired) electrons. The van der Waals surface area contributed by atoms with Crippen LogP contribution < -0.4 is 26.8 Å². The second-order valence-electron chi connectivity index (χ2n) is 9.07. The van der Waals surface area contributed by atoms with Crippen molar-refractivity contribution in [2.45, 2.75) is 44.6 Å². The van der Waals surface area contributed by atoms with Crippen LogP contribution in [0.1, 0.15) is 37.5 Å². The molecule has 2 aromatic rings. The summed E-state index contributed by atoms with van der Waals surface area (Å²) in [6.07, 6.45) is -5.95. The molecule has 15 heteroatoms. The van der Waals surface area contributed by atoms with E-state index in [1.165, 1.54) is 12.1 Å². The zero-order valence-corrected chi connectivity index (χ0v) is 23.5. The van der Waals surface area contributed by atoms with Gasteiger partial charge in [0, 0.05) is 25.3 Å². The lowest BCUT2D eigenvalue weighted by molar-refractivity contribution is -0.137. The molecular weight excluding hydrogens is 567 g/mol. The first kappa shape index (κ1) is 34.0. The molecular formula is C26H36F3N5O6S. The number of aliphatic hydroxyl groups excluding tert-OH is 1. The lowest BCUT2D eigenvalue weighted by atomic mass is 9.99. The van der Waals surface area contributed by atoms with E-state index in [0.717, 1.165) is 28.6 Å². The predicted octanol–water partition coefficient (Wildman–Crippen LogP) is 1.59. The summed E-state index contributed by atoms with van der Waals surface area (Å²) in [4.78, 5) is 26.2. The smallest absolute Gasteiger partial charge is 0.416 e. The molecule has 2 rings (SSSR count). The summed E-state index contributed by atoms with van der Waals surface area (Å²) < 4.78 is 71.1. The maximum atomic E-state index is 13.2. The maximum absolute atomic E-state index is 13.2. The minimum Gasteiger partial charge on any atom is -0.494 e. The number of hydrogen-bond acceptors (Lipinski definition) is 8. The highest BCUT2D eigenvalue weighted by atomic mass is 32.2. The summed E-state index contributed by atoms with van der Waals surface area (Å²) in [5.74, 6) is -2.28. The number of anilines is 1. The van der Waals surface area contributed by atoms with Gasteiger partial charge in [0.2, 0.25) is 21.8 Å². The van der Waals surface area contributed by atoms with Crippen LogP contribution >= 0.6 is 0 Å². The molecule has 0 spiro atoms. The Hall–Kier alpha value is -3.24.